The zero-order valence-electron chi connectivity index (χ0n) is 18.0. The smallest absolute Gasteiger partial charge is 0.290 e. The lowest BCUT2D eigenvalue weighted by Crippen LogP contribution is -2.40. The first-order valence-corrected chi connectivity index (χ1v) is 12.5. The van der Waals surface area contributed by atoms with Crippen molar-refractivity contribution in [2.24, 2.45) is 11.8 Å². The van der Waals surface area contributed by atoms with Crippen molar-refractivity contribution in [2.45, 2.75) is 83.2 Å². The molecule has 4 rings (SSSR count). The van der Waals surface area contributed by atoms with Crippen molar-refractivity contribution in [3.8, 4) is 0 Å². The molecule has 3 fully saturated rings. The van der Waals surface area contributed by atoms with Gasteiger partial charge in [0.05, 0.1) is 4.91 Å². The average molecular weight is 427 g/mol. The highest BCUT2D eigenvalue weighted by Crippen LogP contribution is 2.37. The van der Waals surface area contributed by atoms with E-state index in [-0.39, 0.29) is 11.1 Å². The zero-order chi connectivity index (χ0) is 20.9. The molecule has 1 aliphatic heterocycles. The summed E-state index contributed by atoms with van der Waals surface area (Å²) in [5.74, 6) is 1.15. The molecule has 3 aliphatic rings. The van der Waals surface area contributed by atoms with Gasteiger partial charge in [0.1, 0.15) is 0 Å². The van der Waals surface area contributed by atoms with Crippen LogP contribution in [0, 0.1) is 11.8 Å². The molecule has 2 amide bonds. The standard InChI is InChI=1S/C25H34N2O2S/c1-17(19-10-4-2-5-11-19)26-23(20-12-6-3-7-13-20)21-14-8-9-18(15-21)16-22-24(28)27-25(29)30-22/h8-9,14-17,19-20,23,26H,2-7,10-13H2,1H3,(H,27,28,29)/t17-,23?/m1/s1. The van der Waals surface area contributed by atoms with Crippen molar-refractivity contribution < 1.29 is 9.59 Å². The Kier molecular flexibility index (Phi) is 7.32. The number of thioether (sulfide) groups is 1. The number of carbonyl (C=O) groups is 2. The van der Waals surface area contributed by atoms with E-state index < -0.39 is 0 Å². The summed E-state index contributed by atoms with van der Waals surface area (Å²) in [6, 6.07) is 9.43. The molecule has 5 heteroatoms. The summed E-state index contributed by atoms with van der Waals surface area (Å²) in [5, 5.41) is 6.11. The summed E-state index contributed by atoms with van der Waals surface area (Å²) in [6.45, 7) is 2.38. The highest BCUT2D eigenvalue weighted by Gasteiger charge is 2.29. The molecule has 162 valence electrons. The van der Waals surface area contributed by atoms with E-state index in [1.807, 2.05) is 12.1 Å². The van der Waals surface area contributed by atoms with Gasteiger partial charge in [-0.15, -0.1) is 0 Å². The highest BCUT2D eigenvalue weighted by molar-refractivity contribution is 8.18. The Morgan fingerprint density at radius 3 is 2.30 bits per heavy atom. The summed E-state index contributed by atoms with van der Waals surface area (Å²) in [6.07, 6.45) is 15.2. The van der Waals surface area contributed by atoms with E-state index in [9.17, 15) is 9.59 Å². The Hall–Kier alpha value is -1.59. The van der Waals surface area contributed by atoms with Crippen molar-refractivity contribution in [3.05, 3.63) is 40.3 Å². The molecule has 1 aromatic carbocycles. The minimum Gasteiger partial charge on any atom is -0.307 e. The van der Waals surface area contributed by atoms with Crippen LogP contribution in [0.2, 0.25) is 0 Å². The van der Waals surface area contributed by atoms with Gasteiger partial charge in [-0.25, -0.2) is 0 Å². The second-order valence-corrected chi connectivity index (χ2v) is 10.3. The van der Waals surface area contributed by atoms with Gasteiger partial charge in [0.25, 0.3) is 11.1 Å². The van der Waals surface area contributed by atoms with Crippen LogP contribution in [0.4, 0.5) is 4.79 Å². The van der Waals surface area contributed by atoms with Gasteiger partial charge in [-0.05, 0) is 73.4 Å². The van der Waals surface area contributed by atoms with Gasteiger partial charge in [-0.2, -0.15) is 0 Å². The number of amides is 2. The van der Waals surface area contributed by atoms with Crippen molar-refractivity contribution in [2.75, 3.05) is 0 Å². The predicted octanol–water partition coefficient (Wildman–Crippen LogP) is 6.19. The third-order valence-corrected chi connectivity index (χ3v) is 7.94. The van der Waals surface area contributed by atoms with Crippen LogP contribution in [0.1, 0.15) is 88.3 Å². The number of hydrogen-bond donors (Lipinski definition) is 2. The first-order chi connectivity index (χ1) is 14.6. The zero-order valence-corrected chi connectivity index (χ0v) is 18.8. The molecule has 1 aromatic rings. The number of nitrogens with one attached hydrogen (secondary N) is 2. The molecule has 1 heterocycles. The Morgan fingerprint density at radius 2 is 1.67 bits per heavy atom. The lowest BCUT2D eigenvalue weighted by Gasteiger charge is -2.37. The van der Waals surface area contributed by atoms with Crippen LogP contribution >= 0.6 is 11.8 Å². The van der Waals surface area contributed by atoms with Gasteiger partial charge in [0.15, 0.2) is 0 Å². The number of benzene rings is 1. The molecule has 2 N–H and O–H groups in total. The van der Waals surface area contributed by atoms with Crippen LogP contribution < -0.4 is 10.6 Å². The van der Waals surface area contributed by atoms with E-state index in [1.165, 1.54) is 69.8 Å². The molecular weight excluding hydrogens is 392 g/mol. The second-order valence-electron chi connectivity index (χ2n) is 9.25. The summed E-state index contributed by atoms with van der Waals surface area (Å²) < 4.78 is 0. The SMILES string of the molecule is C[C@@H](NC(c1cccc(C=C2SC(=O)NC2=O)c1)C1CCCCC1)C1CCCCC1. The fourth-order valence-corrected chi connectivity index (χ4v) is 6.12. The first-order valence-electron chi connectivity index (χ1n) is 11.7. The molecule has 0 spiro atoms. The molecule has 4 nitrogen and oxygen atoms in total. The van der Waals surface area contributed by atoms with Crippen molar-refractivity contribution in [3.63, 3.8) is 0 Å². The lowest BCUT2D eigenvalue weighted by atomic mass is 9.79. The van der Waals surface area contributed by atoms with E-state index in [2.05, 4.69) is 35.8 Å². The van der Waals surface area contributed by atoms with E-state index >= 15 is 0 Å². The number of hydrogen-bond acceptors (Lipinski definition) is 4. The summed E-state index contributed by atoms with van der Waals surface area (Å²) in [4.78, 5) is 23.9. The van der Waals surface area contributed by atoms with E-state index in [1.54, 1.807) is 0 Å². The molecule has 1 saturated heterocycles. The van der Waals surface area contributed by atoms with E-state index in [0.29, 0.717) is 22.9 Å². The van der Waals surface area contributed by atoms with Crippen LogP contribution in [-0.2, 0) is 4.79 Å². The number of rotatable bonds is 6. The molecule has 0 bridgehead atoms. The predicted molar refractivity (Wildman–Crippen MR) is 124 cm³/mol. The van der Waals surface area contributed by atoms with Gasteiger partial charge in [-0.1, -0.05) is 62.8 Å². The summed E-state index contributed by atoms with van der Waals surface area (Å²) in [5.41, 5.74) is 2.31. The monoisotopic (exact) mass is 426 g/mol. The molecule has 0 aromatic heterocycles. The number of carbonyl (C=O) groups excluding carboxylic acids is 2. The largest absolute Gasteiger partial charge is 0.307 e. The van der Waals surface area contributed by atoms with E-state index in [4.69, 9.17) is 0 Å². The third-order valence-electron chi connectivity index (χ3n) is 7.13. The average Bonchev–Trinajstić information content (AvgIpc) is 3.09. The minimum atomic E-state index is -0.289. The Labute approximate surface area is 184 Å². The Bertz CT molecular complexity index is 794. The quantitative estimate of drug-likeness (QED) is 0.533. The van der Waals surface area contributed by atoms with Crippen molar-refractivity contribution >= 4 is 29.0 Å². The van der Waals surface area contributed by atoms with Crippen LogP contribution in [0.3, 0.4) is 0 Å². The normalized spacial score (nSPS) is 24.8. The van der Waals surface area contributed by atoms with Gasteiger partial charge >= 0.3 is 0 Å². The summed E-state index contributed by atoms with van der Waals surface area (Å²) >= 11 is 0.986. The minimum absolute atomic E-state index is 0.287. The van der Waals surface area contributed by atoms with Crippen LogP contribution in [0.15, 0.2) is 29.2 Å². The maximum absolute atomic E-state index is 11.9. The molecule has 2 atom stereocenters. The number of imide groups is 1. The van der Waals surface area contributed by atoms with Gasteiger partial charge in [-0.3, -0.25) is 14.9 Å². The van der Waals surface area contributed by atoms with Crippen LogP contribution in [-0.4, -0.2) is 17.2 Å². The highest BCUT2D eigenvalue weighted by atomic mass is 32.2. The van der Waals surface area contributed by atoms with E-state index in [0.717, 1.165) is 23.2 Å². The fraction of sp³-hybridized carbons (Fsp3) is 0.600. The molecule has 30 heavy (non-hydrogen) atoms. The Morgan fingerprint density at radius 1 is 1.00 bits per heavy atom. The van der Waals surface area contributed by atoms with Crippen molar-refractivity contribution in [1.29, 1.82) is 0 Å². The maximum atomic E-state index is 11.9. The molecule has 0 radical (unpaired) electrons. The fourth-order valence-electron chi connectivity index (χ4n) is 5.44. The van der Waals surface area contributed by atoms with Crippen LogP contribution in [0.5, 0.6) is 0 Å². The van der Waals surface area contributed by atoms with Crippen molar-refractivity contribution in [1.82, 2.24) is 10.6 Å². The third kappa shape index (κ3) is 5.36. The first kappa shape index (κ1) is 21.6. The topological polar surface area (TPSA) is 58.2 Å². The maximum Gasteiger partial charge on any atom is 0.290 e. The van der Waals surface area contributed by atoms with Gasteiger partial charge in [0.2, 0.25) is 0 Å². The van der Waals surface area contributed by atoms with Gasteiger partial charge < -0.3 is 5.32 Å². The lowest BCUT2D eigenvalue weighted by molar-refractivity contribution is -0.115. The molecule has 1 unspecified atom stereocenters. The second kappa shape index (κ2) is 10.1. The van der Waals surface area contributed by atoms with Crippen LogP contribution in [0.25, 0.3) is 6.08 Å². The summed E-state index contributed by atoms with van der Waals surface area (Å²) in [7, 11) is 0. The van der Waals surface area contributed by atoms with Gasteiger partial charge in [0, 0.05) is 12.1 Å². The Balaban J connectivity index is 1.56. The molecule has 2 aliphatic carbocycles. The molecule has 2 saturated carbocycles. The molecular formula is C25H34N2O2S.